The maximum Gasteiger partial charge on any atom is 0.253 e. The van der Waals surface area contributed by atoms with Crippen molar-refractivity contribution in [1.29, 1.82) is 10.5 Å². The number of nitriles is 2. The normalized spacial score (nSPS) is 12.8. The molecule has 5 nitrogen and oxygen atoms in total. The fourth-order valence-corrected chi connectivity index (χ4v) is 4.39. The van der Waals surface area contributed by atoms with E-state index in [1.807, 2.05) is 68.4 Å². The van der Waals surface area contributed by atoms with Crippen LogP contribution in [0.4, 0.5) is 0 Å². The molecule has 0 aromatic heterocycles. The van der Waals surface area contributed by atoms with Gasteiger partial charge in [-0.05, 0) is 73.4 Å². The van der Waals surface area contributed by atoms with Crippen LogP contribution in [0.1, 0.15) is 58.4 Å². The van der Waals surface area contributed by atoms with Crippen molar-refractivity contribution < 1.29 is 4.79 Å². The van der Waals surface area contributed by atoms with Crippen LogP contribution in [-0.2, 0) is 6.42 Å². The summed E-state index contributed by atoms with van der Waals surface area (Å²) in [6.45, 7) is 4.41. The van der Waals surface area contributed by atoms with Crippen LogP contribution in [0.2, 0.25) is 5.02 Å². The number of rotatable bonds is 9. The van der Waals surface area contributed by atoms with Gasteiger partial charge in [0.15, 0.2) is 0 Å². The minimum Gasteiger partial charge on any atom is -0.345 e. The highest BCUT2D eigenvalue weighted by Crippen LogP contribution is 2.34. The van der Waals surface area contributed by atoms with Gasteiger partial charge in [-0.25, -0.2) is 0 Å². The van der Waals surface area contributed by atoms with E-state index in [-0.39, 0.29) is 17.9 Å². The second kappa shape index (κ2) is 11.9. The SMILES string of the molecule is CN(C)C(=O)c1ccc(C(NC[C@@H](Cc2ccc(Cl)cc2)c2cccc(C#N)c2)C(C)(C)C#N)cc1. The quantitative estimate of drug-likeness (QED) is 0.385. The Morgan fingerprint density at radius 3 is 2.25 bits per heavy atom. The molecule has 0 saturated heterocycles. The number of amides is 1. The van der Waals surface area contributed by atoms with Gasteiger partial charge in [-0.2, -0.15) is 10.5 Å². The fraction of sp³-hybridized carbons (Fsp3) is 0.300. The van der Waals surface area contributed by atoms with Crippen molar-refractivity contribution in [2.75, 3.05) is 20.6 Å². The van der Waals surface area contributed by atoms with E-state index in [2.05, 4.69) is 17.5 Å². The smallest absolute Gasteiger partial charge is 0.253 e. The van der Waals surface area contributed by atoms with Crippen molar-refractivity contribution in [3.63, 3.8) is 0 Å². The summed E-state index contributed by atoms with van der Waals surface area (Å²) < 4.78 is 0. The Morgan fingerprint density at radius 1 is 1.00 bits per heavy atom. The largest absolute Gasteiger partial charge is 0.345 e. The zero-order valence-electron chi connectivity index (χ0n) is 21.1. The first-order chi connectivity index (χ1) is 17.1. The van der Waals surface area contributed by atoms with E-state index in [1.54, 1.807) is 37.2 Å². The van der Waals surface area contributed by atoms with Gasteiger partial charge in [-0.1, -0.05) is 48.0 Å². The first-order valence-corrected chi connectivity index (χ1v) is 12.2. The molecule has 3 aromatic rings. The second-order valence-corrected chi connectivity index (χ2v) is 10.2. The molecular weight excluding hydrogens is 468 g/mol. The molecular formula is C30H31ClN4O. The highest BCUT2D eigenvalue weighted by Gasteiger charge is 2.31. The van der Waals surface area contributed by atoms with Crippen LogP contribution in [0.5, 0.6) is 0 Å². The molecule has 0 radical (unpaired) electrons. The first-order valence-electron chi connectivity index (χ1n) is 11.9. The summed E-state index contributed by atoms with van der Waals surface area (Å²) >= 11 is 6.09. The highest BCUT2D eigenvalue weighted by molar-refractivity contribution is 6.30. The summed E-state index contributed by atoms with van der Waals surface area (Å²) in [7, 11) is 3.45. The summed E-state index contributed by atoms with van der Waals surface area (Å²) in [6, 6.07) is 27.3. The van der Waals surface area contributed by atoms with Crippen molar-refractivity contribution in [2.24, 2.45) is 5.41 Å². The van der Waals surface area contributed by atoms with Crippen LogP contribution in [0, 0.1) is 28.1 Å². The molecule has 2 atom stereocenters. The monoisotopic (exact) mass is 498 g/mol. The molecule has 1 unspecified atom stereocenters. The van der Waals surface area contributed by atoms with E-state index in [4.69, 9.17) is 11.6 Å². The van der Waals surface area contributed by atoms with Gasteiger partial charge in [0, 0.05) is 37.1 Å². The third-order valence-electron chi connectivity index (χ3n) is 6.36. The fourth-order valence-electron chi connectivity index (χ4n) is 4.27. The molecule has 0 aliphatic carbocycles. The van der Waals surface area contributed by atoms with Crippen LogP contribution in [0.15, 0.2) is 72.8 Å². The second-order valence-electron chi connectivity index (χ2n) is 9.76. The van der Waals surface area contributed by atoms with E-state index >= 15 is 0 Å². The molecule has 0 fully saturated rings. The van der Waals surface area contributed by atoms with Crippen LogP contribution >= 0.6 is 11.6 Å². The van der Waals surface area contributed by atoms with Gasteiger partial charge in [-0.3, -0.25) is 4.79 Å². The number of carbonyl (C=O) groups excluding carboxylic acids is 1. The van der Waals surface area contributed by atoms with Crippen LogP contribution in [0.25, 0.3) is 0 Å². The number of hydrogen-bond acceptors (Lipinski definition) is 4. The van der Waals surface area contributed by atoms with Crippen molar-refractivity contribution in [3.05, 3.63) is 106 Å². The maximum atomic E-state index is 12.3. The third-order valence-corrected chi connectivity index (χ3v) is 6.61. The van der Waals surface area contributed by atoms with Crippen molar-refractivity contribution >= 4 is 17.5 Å². The molecule has 36 heavy (non-hydrogen) atoms. The molecule has 3 aromatic carbocycles. The van der Waals surface area contributed by atoms with Gasteiger partial charge in [0.05, 0.1) is 29.2 Å². The van der Waals surface area contributed by atoms with Crippen LogP contribution < -0.4 is 5.32 Å². The standard InChI is InChI=1S/C30H31ClN4O/c1-30(2,20-33)28(23-10-12-24(13-11-23)29(36)35(3)4)34-19-26(16-21-8-14-27(31)15-9-21)25-7-5-6-22(17-25)18-32/h5-15,17,26,28,34H,16,19H2,1-4H3/t26-,28?/m1/s1. The third kappa shape index (κ3) is 6.73. The molecule has 0 aliphatic rings. The van der Waals surface area contributed by atoms with Crippen LogP contribution in [-0.4, -0.2) is 31.4 Å². The van der Waals surface area contributed by atoms with Gasteiger partial charge in [-0.15, -0.1) is 0 Å². The average molecular weight is 499 g/mol. The number of carbonyl (C=O) groups is 1. The lowest BCUT2D eigenvalue weighted by Gasteiger charge is -2.32. The van der Waals surface area contributed by atoms with E-state index in [1.165, 1.54) is 0 Å². The van der Waals surface area contributed by atoms with E-state index in [0.717, 1.165) is 23.1 Å². The van der Waals surface area contributed by atoms with Gasteiger partial charge >= 0.3 is 0 Å². The van der Waals surface area contributed by atoms with Crippen molar-refractivity contribution in [1.82, 2.24) is 10.2 Å². The Balaban J connectivity index is 1.91. The molecule has 0 saturated carbocycles. The molecule has 6 heteroatoms. The Hall–Kier alpha value is -3.64. The predicted octanol–water partition coefficient (Wildman–Crippen LogP) is 6.12. The number of benzene rings is 3. The molecule has 1 N–H and O–H groups in total. The van der Waals surface area contributed by atoms with Gasteiger partial charge in [0.2, 0.25) is 0 Å². The summed E-state index contributed by atoms with van der Waals surface area (Å²) in [4.78, 5) is 13.9. The average Bonchev–Trinajstić information content (AvgIpc) is 2.89. The van der Waals surface area contributed by atoms with E-state index in [9.17, 15) is 15.3 Å². The minimum atomic E-state index is -0.702. The Morgan fingerprint density at radius 2 is 1.67 bits per heavy atom. The lowest BCUT2D eigenvalue weighted by atomic mass is 9.81. The van der Waals surface area contributed by atoms with Crippen molar-refractivity contribution in [3.8, 4) is 12.1 Å². The zero-order valence-corrected chi connectivity index (χ0v) is 21.9. The Labute approximate surface area is 218 Å². The predicted molar refractivity (Wildman–Crippen MR) is 144 cm³/mol. The summed E-state index contributed by atoms with van der Waals surface area (Å²) in [5, 5.41) is 23.7. The van der Waals surface area contributed by atoms with E-state index in [0.29, 0.717) is 22.7 Å². The number of nitrogens with one attached hydrogen (secondary N) is 1. The molecule has 0 bridgehead atoms. The van der Waals surface area contributed by atoms with Gasteiger partial charge in [0.1, 0.15) is 0 Å². The molecule has 3 rings (SSSR count). The Kier molecular flexibility index (Phi) is 8.88. The van der Waals surface area contributed by atoms with Gasteiger partial charge in [0.25, 0.3) is 5.91 Å². The van der Waals surface area contributed by atoms with Crippen LogP contribution in [0.3, 0.4) is 0 Å². The highest BCUT2D eigenvalue weighted by atomic mass is 35.5. The van der Waals surface area contributed by atoms with Crippen molar-refractivity contribution in [2.45, 2.75) is 32.2 Å². The summed E-state index contributed by atoms with van der Waals surface area (Å²) in [6.07, 6.45) is 0.745. The molecule has 0 aliphatic heterocycles. The minimum absolute atomic E-state index is 0.0612. The molecule has 0 spiro atoms. The molecule has 184 valence electrons. The van der Waals surface area contributed by atoms with E-state index < -0.39 is 5.41 Å². The molecule has 0 heterocycles. The lowest BCUT2D eigenvalue weighted by molar-refractivity contribution is 0.0827. The molecule has 1 amide bonds. The topological polar surface area (TPSA) is 79.9 Å². The lowest BCUT2D eigenvalue weighted by Crippen LogP contribution is -2.36. The zero-order chi connectivity index (χ0) is 26.3. The maximum absolute atomic E-state index is 12.3. The summed E-state index contributed by atoms with van der Waals surface area (Å²) in [5.74, 6) is -0.00272. The number of halogens is 1. The number of hydrogen-bond donors (Lipinski definition) is 1. The number of nitrogens with zero attached hydrogens (tertiary/aromatic N) is 3. The Bertz CT molecular complexity index is 1270. The first kappa shape index (κ1) is 27.0. The summed E-state index contributed by atoms with van der Waals surface area (Å²) in [5.41, 5.74) is 3.64. The van der Waals surface area contributed by atoms with Gasteiger partial charge < -0.3 is 10.2 Å².